The first-order valence-electron chi connectivity index (χ1n) is 5.77. The Balaban J connectivity index is 3.04. The molecule has 0 saturated carbocycles. The van der Waals surface area contributed by atoms with Gasteiger partial charge < -0.3 is 4.74 Å². The molecule has 0 aliphatic carbocycles. The third-order valence-electron chi connectivity index (χ3n) is 2.34. The van der Waals surface area contributed by atoms with Crippen LogP contribution in [0.1, 0.15) is 58.3 Å². The van der Waals surface area contributed by atoms with Gasteiger partial charge in [-0.1, -0.05) is 25.7 Å². The predicted molar refractivity (Wildman–Crippen MR) is 62.4 cm³/mol. The maximum absolute atomic E-state index is 10.8. The lowest BCUT2D eigenvalue weighted by Gasteiger charge is -2.00. The third kappa shape index (κ3) is 11.0. The smallest absolute Gasteiger partial charge is 0.305 e. The van der Waals surface area contributed by atoms with Crippen molar-refractivity contribution < 1.29 is 9.53 Å². The molecule has 0 aliphatic heterocycles. The van der Waals surface area contributed by atoms with Crippen molar-refractivity contribution in [1.82, 2.24) is 0 Å². The van der Waals surface area contributed by atoms with Crippen LogP contribution in [-0.4, -0.2) is 13.1 Å². The van der Waals surface area contributed by atoms with Crippen molar-refractivity contribution in [3.05, 3.63) is 0 Å². The number of rotatable bonds is 8. The molecule has 0 aromatic heterocycles. The molecule has 0 N–H and O–H groups in total. The first-order valence-corrected chi connectivity index (χ1v) is 5.77. The van der Waals surface area contributed by atoms with Gasteiger partial charge in [0.15, 0.2) is 0 Å². The second kappa shape index (κ2) is 11.1. The van der Waals surface area contributed by atoms with E-state index in [1.807, 2.05) is 6.92 Å². The molecule has 15 heavy (non-hydrogen) atoms. The van der Waals surface area contributed by atoms with Crippen molar-refractivity contribution in [3.63, 3.8) is 0 Å². The van der Waals surface area contributed by atoms with Gasteiger partial charge in [-0.15, -0.1) is 11.8 Å². The summed E-state index contributed by atoms with van der Waals surface area (Å²) in [5.41, 5.74) is 0. The maximum Gasteiger partial charge on any atom is 0.305 e. The van der Waals surface area contributed by atoms with Crippen LogP contribution in [0.4, 0.5) is 0 Å². The Morgan fingerprint density at radius 1 is 1.07 bits per heavy atom. The molecule has 86 valence electrons. The van der Waals surface area contributed by atoms with Gasteiger partial charge in [-0.05, 0) is 19.8 Å². The average Bonchev–Trinajstić information content (AvgIpc) is 2.26. The number of esters is 1. The minimum atomic E-state index is -0.0896. The van der Waals surface area contributed by atoms with E-state index in [1.54, 1.807) is 0 Å². The van der Waals surface area contributed by atoms with E-state index < -0.39 is 0 Å². The van der Waals surface area contributed by atoms with E-state index in [9.17, 15) is 4.79 Å². The van der Waals surface area contributed by atoms with E-state index in [0.717, 1.165) is 19.3 Å². The van der Waals surface area contributed by atoms with Gasteiger partial charge in [-0.2, -0.15) is 0 Å². The fourth-order valence-corrected chi connectivity index (χ4v) is 1.42. The molecule has 0 heterocycles. The van der Waals surface area contributed by atoms with Gasteiger partial charge in [0.1, 0.15) is 0 Å². The van der Waals surface area contributed by atoms with Gasteiger partial charge in [0.05, 0.1) is 7.11 Å². The van der Waals surface area contributed by atoms with Crippen LogP contribution in [0.2, 0.25) is 0 Å². The molecule has 0 fully saturated rings. The number of methoxy groups -OCH3 is 1. The highest BCUT2D eigenvalue weighted by atomic mass is 16.5. The Kier molecular flexibility index (Phi) is 10.4. The number of carbonyl (C=O) groups is 1. The van der Waals surface area contributed by atoms with Crippen LogP contribution in [0, 0.1) is 11.8 Å². The Hall–Kier alpha value is -0.970. The fourth-order valence-electron chi connectivity index (χ4n) is 1.42. The monoisotopic (exact) mass is 210 g/mol. The summed E-state index contributed by atoms with van der Waals surface area (Å²) in [6.07, 6.45) is 8.63. The van der Waals surface area contributed by atoms with Crippen LogP contribution in [0.3, 0.4) is 0 Å². The van der Waals surface area contributed by atoms with E-state index in [-0.39, 0.29) is 5.97 Å². The van der Waals surface area contributed by atoms with Gasteiger partial charge in [-0.25, -0.2) is 0 Å². The van der Waals surface area contributed by atoms with E-state index in [2.05, 4.69) is 16.6 Å². The molecular weight excluding hydrogens is 188 g/mol. The first-order chi connectivity index (χ1) is 7.31. The van der Waals surface area contributed by atoms with Crippen LogP contribution < -0.4 is 0 Å². The van der Waals surface area contributed by atoms with Crippen LogP contribution in [0.15, 0.2) is 0 Å². The van der Waals surface area contributed by atoms with E-state index >= 15 is 0 Å². The van der Waals surface area contributed by atoms with Crippen LogP contribution in [-0.2, 0) is 9.53 Å². The molecule has 0 atom stereocenters. The number of ether oxygens (including phenoxy) is 1. The first kappa shape index (κ1) is 14.0. The summed E-state index contributed by atoms with van der Waals surface area (Å²) in [5, 5.41) is 0. The lowest BCUT2D eigenvalue weighted by molar-refractivity contribution is -0.140. The lowest BCUT2D eigenvalue weighted by Crippen LogP contribution is -1.99. The Labute approximate surface area is 93.4 Å². The minimum absolute atomic E-state index is 0.0896. The fraction of sp³-hybridized carbons (Fsp3) is 0.769. The molecule has 0 radical (unpaired) electrons. The molecule has 2 nitrogen and oxygen atoms in total. The summed E-state index contributed by atoms with van der Waals surface area (Å²) >= 11 is 0. The molecule has 0 rings (SSSR count). The van der Waals surface area contributed by atoms with Gasteiger partial charge in [0, 0.05) is 12.8 Å². The lowest BCUT2D eigenvalue weighted by atomic mass is 10.1. The van der Waals surface area contributed by atoms with Crippen molar-refractivity contribution >= 4 is 5.97 Å². The van der Waals surface area contributed by atoms with Crippen LogP contribution >= 0.6 is 0 Å². The standard InChI is InChI=1S/C13H22O2/c1-3-4-5-6-7-8-9-10-11-12-13(14)15-2/h5-12H2,1-2H3. The van der Waals surface area contributed by atoms with Gasteiger partial charge in [-0.3, -0.25) is 4.79 Å². The average molecular weight is 210 g/mol. The second-order valence-electron chi connectivity index (χ2n) is 3.62. The summed E-state index contributed by atoms with van der Waals surface area (Å²) in [7, 11) is 1.44. The largest absolute Gasteiger partial charge is 0.469 e. The topological polar surface area (TPSA) is 26.3 Å². The van der Waals surface area contributed by atoms with E-state index in [0.29, 0.717) is 6.42 Å². The van der Waals surface area contributed by atoms with Crippen molar-refractivity contribution in [3.8, 4) is 11.8 Å². The quantitative estimate of drug-likeness (QED) is 0.349. The van der Waals surface area contributed by atoms with Crippen molar-refractivity contribution in [2.45, 2.75) is 58.3 Å². The van der Waals surface area contributed by atoms with Crippen molar-refractivity contribution in [2.24, 2.45) is 0 Å². The maximum atomic E-state index is 10.8. The zero-order valence-corrected chi connectivity index (χ0v) is 9.97. The number of hydrogen-bond donors (Lipinski definition) is 0. The van der Waals surface area contributed by atoms with Crippen molar-refractivity contribution in [2.75, 3.05) is 7.11 Å². The highest BCUT2D eigenvalue weighted by molar-refractivity contribution is 5.68. The predicted octanol–water partition coefficient (Wildman–Crippen LogP) is 3.30. The SMILES string of the molecule is CC#CCCCCCCCCC(=O)OC. The number of carbonyl (C=O) groups excluding carboxylic acids is 1. The van der Waals surface area contributed by atoms with Crippen molar-refractivity contribution in [1.29, 1.82) is 0 Å². The molecule has 0 bridgehead atoms. The molecule has 0 unspecified atom stereocenters. The van der Waals surface area contributed by atoms with Crippen LogP contribution in [0.5, 0.6) is 0 Å². The van der Waals surface area contributed by atoms with Gasteiger partial charge in [0.25, 0.3) is 0 Å². The molecule has 0 saturated heterocycles. The summed E-state index contributed by atoms with van der Waals surface area (Å²) in [5.74, 6) is 5.87. The molecule has 2 heteroatoms. The molecular formula is C13H22O2. The second-order valence-corrected chi connectivity index (χ2v) is 3.62. The summed E-state index contributed by atoms with van der Waals surface area (Å²) < 4.78 is 4.57. The molecule has 0 amide bonds. The Morgan fingerprint density at radius 2 is 1.67 bits per heavy atom. The molecule has 0 aromatic rings. The summed E-state index contributed by atoms with van der Waals surface area (Å²) in [4.78, 5) is 10.8. The summed E-state index contributed by atoms with van der Waals surface area (Å²) in [6, 6.07) is 0. The van der Waals surface area contributed by atoms with Crippen LogP contribution in [0.25, 0.3) is 0 Å². The molecule has 0 spiro atoms. The Bertz CT molecular complexity index is 210. The van der Waals surface area contributed by atoms with Gasteiger partial charge >= 0.3 is 5.97 Å². The Morgan fingerprint density at radius 3 is 2.27 bits per heavy atom. The molecule has 0 aliphatic rings. The highest BCUT2D eigenvalue weighted by Crippen LogP contribution is 2.08. The highest BCUT2D eigenvalue weighted by Gasteiger charge is 1.98. The summed E-state index contributed by atoms with van der Waals surface area (Å²) in [6.45, 7) is 1.88. The zero-order chi connectivity index (χ0) is 11.4. The van der Waals surface area contributed by atoms with Gasteiger partial charge in [0.2, 0.25) is 0 Å². The minimum Gasteiger partial charge on any atom is -0.469 e. The number of unbranched alkanes of at least 4 members (excludes halogenated alkanes) is 6. The van der Waals surface area contributed by atoms with E-state index in [4.69, 9.17) is 0 Å². The zero-order valence-electron chi connectivity index (χ0n) is 9.97. The molecule has 0 aromatic carbocycles. The van der Waals surface area contributed by atoms with E-state index in [1.165, 1.54) is 32.8 Å². The number of hydrogen-bond acceptors (Lipinski definition) is 2. The normalized spacial score (nSPS) is 9.20. The third-order valence-corrected chi connectivity index (χ3v) is 2.34.